The summed E-state index contributed by atoms with van der Waals surface area (Å²) >= 11 is 0. The molecule has 25 heavy (non-hydrogen) atoms. The molecule has 2 N–H and O–H groups in total. The lowest BCUT2D eigenvalue weighted by Crippen LogP contribution is -2.46. The number of hydrogen-bond donors (Lipinski definition) is 2. The summed E-state index contributed by atoms with van der Waals surface area (Å²) in [5.41, 5.74) is 1.46. The van der Waals surface area contributed by atoms with E-state index in [0.717, 1.165) is 10.5 Å². The van der Waals surface area contributed by atoms with Gasteiger partial charge in [-0.25, -0.2) is 9.59 Å². The molecule has 1 atom stereocenters. The van der Waals surface area contributed by atoms with Crippen LogP contribution in [0.3, 0.4) is 0 Å². The van der Waals surface area contributed by atoms with Gasteiger partial charge in [0.1, 0.15) is 6.04 Å². The highest BCUT2D eigenvalue weighted by Crippen LogP contribution is 2.20. The largest absolute Gasteiger partial charge is 0.480 e. The lowest BCUT2D eigenvalue weighted by molar-refractivity contribution is -0.143. The van der Waals surface area contributed by atoms with Crippen molar-refractivity contribution in [3.05, 3.63) is 42.1 Å². The molecule has 0 aliphatic rings. The Bertz CT molecular complexity index is 711. The van der Waals surface area contributed by atoms with Crippen LogP contribution >= 0.6 is 0 Å². The van der Waals surface area contributed by atoms with Crippen LogP contribution in [0.2, 0.25) is 0 Å². The number of benzene rings is 1. The minimum atomic E-state index is -1.25. The summed E-state index contributed by atoms with van der Waals surface area (Å²) in [6, 6.07) is 10.1. The third-order valence-corrected chi connectivity index (χ3v) is 3.83. The molecule has 2 rings (SSSR count). The molecular weight excluding hydrogens is 324 g/mol. The Morgan fingerprint density at radius 3 is 2.44 bits per heavy atom. The molecule has 1 aromatic heterocycles. The normalized spacial score (nSPS) is 12.1. The molecule has 2 aromatic rings. The summed E-state index contributed by atoms with van der Waals surface area (Å²) in [4.78, 5) is 23.9. The molecule has 7 nitrogen and oxygen atoms in total. The van der Waals surface area contributed by atoms with Gasteiger partial charge in [0.15, 0.2) is 5.76 Å². The van der Waals surface area contributed by atoms with E-state index in [0.29, 0.717) is 11.5 Å². The average Bonchev–Trinajstić information content (AvgIpc) is 3.03. The molecule has 0 bridgehead atoms. The van der Waals surface area contributed by atoms with Crippen molar-refractivity contribution in [2.45, 2.75) is 32.7 Å². The van der Waals surface area contributed by atoms with Gasteiger partial charge in [0.2, 0.25) is 0 Å². The number of amides is 1. The van der Waals surface area contributed by atoms with E-state index in [1.807, 2.05) is 44.2 Å². The number of hydrogen-bond acceptors (Lipinski definition) is 4. The first kappa shape index (κ1) is 18.5. The van der Waals surface area contributed by atoms with Crippen LogP contribution in [-0.2, 0) is 11.2 Å². The van der Waals surface area contributed by atoms with Gasteiger partial charge in [0.05, 0.1) is 5.69 Å². The van der Waals surface area contributed by atoms with E-state index in [2.05, 4.69) is 5.16 Å². The second-order valence-corrected chi connectivity index (χ2v) is 6.26. The van der Waals surface area contributed by atoms with E-state index in [9.17, 15) is 19.8 Å². The van der Waals surface area contributed by atoms with Gasteiger partial charge in [-0.05, 0) is 12.3 Å². The van der Waals surface area contributed by atoms with Crippen LogP contribution in [-0.4, -0.2) is 44.9 Å². The van der Waals surface area contributed by atoms with Crippen LogP contribution in [0.4, 0.5) is 4.79 Å². The maximum Gasteiger partial charge on any atom is 0.408 e. The van der Waals surface area contributed by atoms with Crippen LogP contribution in [0.5, 0.6) is 0 Å². The minimum Gasteiger partial charge on any atom is -0.480 e. The Kier molecular flexibility index (Phi) is 6.16. The van der Waals surface area contributed by atoms with Crippen molar-refractivity contribution in [1.82, 2.24) is 10.1 Å². The highest BCUT2D eigenvalue weighted by molar-refractivity contribution is 5.79. The first-order chi connectivity index (χ1) is 11.9. The SMILES string of the molecule is CC(C)CC(C(=O)O)N(CCc1cc(-c2ccccc2)on1)C(=O)O. The van der Waals surface area contributed by atoms with E-state index in [1.54, 1.807) is 6.07 Å². The molecule has 0 saturated carbocycles. The van der Waals surface area contributed by atoms with Crippen molar-refractivity contribution in [2.24, 2.45) is 5.92 Å². The lowest BCUT2D eigenvalue weighted by atomic mass is 10.0. The second kappa shape index (κ2) is 8.32. The predicted molar refractivity (Wildman–Crippen MR) is 91.3 cm³/mol. The van der Waals surface area contributed by atoms with Gasteiger partial charge in [-0.15, -0.1) is 0 Å². The van der Waals surface area contributed by atoms with Gasteiger partial charge in [0.25, 0.3) is 0 Å². The highest BCUT2D eigenvalue weighted by Gasteiger charge is 2.30. The fourth-order valence-corrected chi connectivity index (χ4v) is 2.60. The number of rotatable bonds is 8. The first-order valence-electron chi connectivity index (χ1n) is 8.12. The van der Waals surface area contributed by atoms with Gasteiger partial charge in [0, 0.05) is 24.6 Å². The summed E-state index contributed by atoms with van der Waals surface area (Å²) in [5.74, 6) is -0.477. The second-order valence-electron chi connectivity index (χ2n) is 6.26. The Labute approximate surface area is 145 Å². The molecule has 1 aromatic carbocycles. The lowest BCUT2D eigenvalue weighted by Gasteiger charge is -2.27. The molecule has 0 aliphatic heterocycles. The number of aromatic nitrogens is 1. The van der Waals surface area contributed by atoms with Crippen molar-refractivity contribution in [3.63, 3.8) is 0 Å². The van der Waals surface area contributed by atoms with E-state index < -0.39 is 18.1 Å². The van der Waals surface area contributed by atoms with Crippen molar-refractivity contribution in [2.75, 3.05) is 6.54 Å². The summed E-state index contributed by atoms with van der Waals surface area (Å²) in [7, 11) is 0. The molecule has 134 valence electrons. The van der Waals surface area contributed by atoms with E-state index >= 15 is 0 Å². The maximum atomic E-state index is 11.5. The molecule has 1 heterocycles. The zero-order valence-corrected chi connectivity index (χ0v) is 14.3. The van der Waals surface area contributed by atoms with Crippen molar-refractivity contribution in [3.8, 4) is 11.3 Å². The van der Waals surface area contributed by atoms with Crippen LogP contribution < -0.4 is 0 Å². The van der Waals surface area contributed by atoms with Gasteiger partial charge in [-0.2, -0.15) is 0 Å². The van der Waals surface area contributed by atoms with Crippen molar-refractivity contribution >= 4 is 12.1 Å². The third-order valence-electron chi connectivity index (χ3n) is 3.83. The summed E-state index contributed by atoms with van der Waals surface area (Å²) in [6.45, 7) is 3.76. The number of carboxylic acids is 1. The third kappa shape index (κ3) is 5.07. The zero-order chi connectivity index (χ0) is 18.4. The monoisotopic (exact) mass is 346 g/mol. The van der Waals surface area contributed by atoms with Crippen LogP contribution in [0.15, 0.2) is 40.9 Å². The first-order valence-corrected chi connectivity index (χ1v) is 8.12. The minimum absolute atomic E-state index is 0.0415. The Morgan fingerprint density at radius 1 is 1.20 bits per heavy atom. The number of nitrogens with zero attached hydrogens (tertiary/aromatic N) is 2. The van der Waals surface area contributed by atoms with Crippen molar-refractivity contribution in [1.29, 1.82) is 0 Å². The summed E-state index contributed by atoms with van der Waals surface area (Å²) in [5, 5.41) is 22.7. The van der Waals surface area contributed by atoms with Crippen LogP contribution in [0, 0.1) is 5.92 Å². The molecule has 0 saturated heterocycles. The quantitative estimate of drug-likeness (QED) is 0.759. The Balaban J connectivity index is 2.07. The van der Waals surface area contributed by atoms with Gasteiger partial charge < -0.3 is 14.7 Å². The van der Waals surface area contributed by atoms with Crippen LogP contribution in [0.25, 0.3) is 11.3 Å². The molecular formula is C18H22N2O5. The summed E-state index contributed by atoms with van der Waals surface area (Å²) < 4.78 is 5.28. The molecule has 0 aliphatic carbocycles. The smallest absolute Gasteiger partial charge is 0.408 e. The Morgan fingerprint density at radius 2 is 1.88 bits per heavy atom. The van der Waals surface area contributed by atoms with E-state index in [1.165, 1.54) is 0 Å². The van der Waals surface area contributed by atoms with Crippen molar-refractivity contribution < 1.29 is 24.3 Å². The highest BCUT2D eigenvalue weighted by atomic mass is 16.5. The van der Waals surface area contributed by atoms with Gasteiger partial charge >= 0.3 is 12.1 Å². The molecule has 1 unspecified atom stereocenters. The predicted octanol–water partition coefficient (Wildman–Crippen LogP) is 3.36. The average molecular weight is 346 g/mol. The molecule has 0 spiro atoms. The van der Waals surface area contributed by atoms with Gasteiger partial charge in [-0.1, -0.05) is 49.3 Å². The van der Waals surface area contributed by atoms with Gasteiger partial charge in [-0.3, -0.25) is 4.90 Å². The summed E-state index contributed by atoms with van der Waals surface area (Å²) in [6.07, 6.45) is -0.708. The number of carboxylic acid groups (broad SMARTS) is 2. The molecule has 1 amide bonds. The van der Waals surface area contributed by atoms with E-state index in [-0.39, 0.29) is 25.3 Å². The number of carbonyl (C=O) groups is 2. The molecule has 0 radical (unpaired) electrons. The molecule has 0 fully saturated rings. The maximum absolute atomic E-state index is 11.5. The Hall–Kier alpha value is -2.83. The fourth-order valence-electron chi connectivity index (χ4n) is 2.60. The zero-order valence-electron chi connectivity index (χ0n) is 14.3. The number of aliphatic carboxylic acids is 1. The van der Waals surface area contributed by atoms with E-state index in [4.69, 9.17) is 4.52 Å². The fraction of sp³-hybridized carbons (Fsp3) is 0.389. The molecule has 7 heteroatoms. The topological polar surface area (TPSA) is 104 Å². The standard InChI is InChI=1S/C18H22N2O5/c1-12(2)10-15(17(21)22)20(18(23)24)9-8-14-11-16(25-19-14)13-6-4-3-5-7-13/h3-7,11-12,15H,8-10H2,1-2H3,(H,21,22)(H,23,24). The van der Waals surface area contributed by atoms with Crippen LogP contribution in [0.1, 0.15) is 26.0 Å².